The summed E-state index contributed by atoms with van der Waals surface area (Å²) in [7, 11) is -4.93. The van der Waals surface area contributed by atoms with Crippen LogP contribution < -0.4 is 0 Å². The molecule has 0 saturated heterocycles. The van der Waals surface area contributed by atoms with Crippen molar-refractivity contribution in [3.8, 4) is 0 Å². The predicted octanol–water partition coefficient (Wildman–Crippen LogP) is 3.42. The fourth-order valence-electron chi connectivity index (χ4n) is 1.06. The molecule has 0 atom stereocenters. The van der Waals surface area contributed by atoms with E-state index in [9.17, 15) is 18.9 Å². The molecule has 0 radical (unpaired) electrons. The maximum absolute atomic E-state index is 12.2. The molecule has 11 heteroatoms. The first-order valence-electron chi connectivity index (χ1n) is 7.19. The summed E-state index contributed by atoms with van der Waals surface area (Å²) in [5.41, 5.74) is 1.67. The van der Waals surface area contributed by atoms with E-state index in [0.29, 0.717) is 16.7 Å². The minimum Gasteiger partial charge on any atom is -0.283 e. The Morgan fingerprint density at radius 2 is 0.808 bits per heavy atom. The summed E-state index contributed by atoms with van der Waals surface area (Å²) in [6, 6.07) is 0. The highest BCUT2D eigenvalue weighted by molar-refractivity contribution is 7.48. The van der Waals surface area contributed by atoms with E-state index in [1.807, 2.05) is 0 Å². The zero-order valence-corrected chi connectivity index (χ0v) is 16.2. The van der Waals surface area contributed by atoms with Crippen LogP contribution >= 0.6 is 7.82 Å². The lowest BCUT2D eigenvalue weighted by molar-refractivity contribution is -0.292. The van der Waals surface area contributed by atoms with Crippen molar-refractivity contribution in [2.45, 2.75) is 41.5 Å². The quantitative estimate of drug-likeness (QED) is 0.249. The number of phosphoric acid groups is 1. The largest absolute Gasteiger partial charge is 0.584 e. The van der Waals surface area contributed by atoms with Crippen LogP contribution in [0.1, 0.15) is 41.5 Å². The fraction of sp³-hybridized carbons (Fsp3) is 0.400. The summed E-state index contributed by atoms with van der Waals surface area (Å²) in [6.45, 7) is 9.56. The van der Waals surface area contributed by atoms with E-state index in [1.54, 1.807) is 41.5 Å². The Morgan fingerprint density at radius 1 is 0.577 bits per heavy atom. The summed E-state index contributed by atoms with van der Waals surface area (Å²) >= 11 is 0. The van der Waals surface area contributed by atoms with E-state index in [2.05, 4.69) is 28.7 Å². The Morgan fingerprint density at radius 3 is 1.00 bits per heavy atom. The smallest absolute Gasteiger partial charge is 0.283 e. The van der Waals surface area contributed by atoms with Gasteiger partial charge in [0.05, 0.1) is 0 Å². The van der Waals surface area contributed by atoms with Gasteiger partial charge in [0.1, 0.15) is 0 Å². The molecule has 0 bridgehead atoms. The third-order valence-electron chi connectivity index (χ3n) is 1.85. The van der Waals surface area contributed by atoms with Crippen LogP contribution in [0.3, 0.4) is 0 Å². The topological polar surface area (TPSA) is 124 Å². The van der Waals surface area contributed by atoms with Crippen LogP contribution in [-0.4, -0.2) is 17.9 Å². The zero-order chi connectivity index (χ0) is 20.3. The van der Waals surface area contributed by atoms with Crippen LogP contribution in [0, 0.1) is 0 Å². The van der Waals surface area contributed by atoms with Crippen molar-refractivity contribution in [3.05, 3.63) is 34.9 Å². The van der Waals surface area contributed by atoms with Gasteiger partial charge in [0.2, 0.25) is 0 Å². The molecule has 0 rings (SSSR count). The molecule has 0 spiro atoms. The Kier molecular flexibility index (Phi) is 10.4. The highest BCUT2D eigenvalue weighted by Gasteiger charge is 2.37. The average Bonchev–Trinajstić information content (AvgIpc) is 2.47. The number of hydrogen-bond donors (Lipinski definition) is 0. The van der Waals surface area contributed by atoms with Crippen molar-refractivity contribution < 1.29 is 47.6 Å². The molecule has 10 nitrogen and oxygen atoms in total. The summed E-state index contributed by atoms with van der Waals surface area (Å²) in [5.74, 6) is -3.16. The second kappa shape index (κ2) is 11.4. The standard InChI is InChI=1S/C15H21O10P/c1-10(2)7-13(16)20-23-26(19,24-21-14(17)8-11(3)4)25-22-15(18)9-12(5)6/h7-9H,1-6H3. The van der Waals surface area contributed by atoms with Gasteiger partial charge < -0.3 is 0 Å². The molecule has 0 aliphatic heterocycles. The normalized spacial score (nSPS) is 10.2. The summed E-state index contributed by atoms with van der Waals surface area (Å²) in [5, 5.41) is 0. The molecule has 0 amide bonds. The van der Waals surface area contributed by atoms with Crippen molar-refractivity contribution in [3.63, 3.8) is 0 Å². The van der Waals surface area contributed by atoms with Gasteiger partial charge in [-0.3, -0.25) is 14.7 Å². The number of carbonyl (C=O) groups excluding carboxylic acids is 3. The van der Waals surface area contributed by atoms with Gasteiger partial charge in [-0.2, -0.15) is 0 Å². The second-order valence-corrected chi connectivity index (χ2v) is 6.88. The molecule has 0 fully saturated rings. The Hall–Kier alpha value is -2.26. The van der Waals surface area contributed by atoms with Crippen molar-refractivity contribution in [1.29, 1.82) is 0 Å². The van der Waals surface area contributed by atoms with Gasteiger partial charge in [-0.1, -0.05) is 30.7 Å². The number of allylic oxidation sites excluding steroid dienone is 3. The lowest BCUT2D eigenvalue weighted by Crippen LogP contribution is -2.10. The SMILES string of the molecule is CC(C)=CC(=O)OOP(=O)(OOC(=O)C=C(C)C)OOC(=O)C=C(C)C. The number of rotatable bonds is 9. The van der Waals surface area contributed by atoms with E-state index in [0.717, 1.165) is 18.2 Å². The summed E-state index contributed by atoms with van der Waals surface area (Å²) in [6.07, 6.45) is 3.03. The minimum absolute atomic E-state index is 0.556. The van der Waals surface area contributed by atoms with E-state index in [1.165, 1.54) is 0 Å². The molecule has 0 aliphatic rings. The Balaban J connectivity index is 5.03. The molecule has 0 N–H and O–H groups in total. The Labute approximate surface area is 150 Å². The molecule has 0 unspecified atom stereocenters. The van der Waals surface area contributed by atoms with E-state index in [4.69, 9.17) is 0 Å². The number of hydrogen-bond acceptors (Lipinski definition) is 10. The monoisotopic (exact) mass is 392 g/mol. The molecule has 0 saturated carbocycles. The predicted molar refractivity (Wildman–Crippen MR) is 87.4 cm³/mol. The van der Waals surface area contributed by atoms with E-state index < -0.39 is 25.7 Å². The third kappa shape index (κ3) is 12.2. The highest BCUT2D eigenvalue weighted by atomic mass is 31.2. The lowest BCUT2D eigenvalue weighted by Gasteiger charge is -2.12. The third-order valence-corrected chi connectivity index (χ3v) is 2.62. The summed E-state index contributed by atoms with van der Waals surface area (Å²) in [4.78, 5) is 46.7. The minimum atomic E-state index is -4.93. The first-order chi connectivity index (χ1) is 11.9. The maximum Gasteiger partial charge on any atom is 0.584 e. The average molecular weight is 392 g/mol. The van der Waals surface area contributed by atoms with Crippen molar-refractivity contribution in [2.75, 3.05) is 0 Å². The van der Waals surface area contributed by atoms with Crippen LogP contribution in [0.25, 0.3) is 0 Å². The van der Waals surface area contributed by atoms with Gasteiger partial charge in [0.25, 0.3) is 0 Å². The van der Waals surface area contributed by atoms with Crippen LogP contribution in [0.2, 0.25) is 0 Å². The second-order valence-electron chi connectivity index (χ2n) is 5.54. The zero-order valence-electron chi connectivity index (χ0n) is 15.3. The van der Waals surface area contributed by atoms with Crippen LogP contribution in [0.5, 0.6) is 0 Å². The van der Waals surface area contributed by atoms with Crippen LogP contribution in [0.15, 0.2) is 34.9 Å². The Bertz CT molecular complexity index is 572. The number of carbonyl (C=O) groups is 3. The lowest BCUT2D eigenvalue weighted by atomic mass is 10.3. The van der Waals surface area contributed by atoms with Crippen molar-refractivity contribution in [1.82, 2.24) is 0 Å². The van der Waals surface area contributed by atoms with Crippen molar-refractivity contribution in [2.24, 2.45) is 0 Å². The van der Waals surface area contributed by atoms with Gasteiger partial charge in [-0.25, -0.2) is 18.9 Å². The molecule has 0 aromatic heterocycles. The highest BCUT2D eigenvalue weighted by Crippen LogP contribution is 2.50. The van der Waals surface area contributed by atoms with E-state index in [-0.39, 0.29) is 0 Å². The molecule has 0 aliphatic carbocycles. The molecule has 26 heavy (non-hydrogen) atoms. The molecule has 0 aromatic carbocycles. The summed E-state index contributed by atoms with van der Waals surface area (Å²) < 4.78 is 24.9. The fourth-order valence-corrected chi connectivity index (χ4v) is 1.63. The molecule has 0 aromatic rings. The first-order valence-corrected chi connectivity index (χ1v) is 8.65. The maximum atomic E-state index is 12.2. The van der Waals surface area contributed by atoms with E-state index >= 15 is 0 Å². The van der Waals surface area contributed by atoms with Gasteiger partial charge in [-0.15, -0.1) is 0 Å². The van der Waals surface area contributed by atoms with Crippen LogP contribution in [-0.2, 0) is 47.6 Å². The molecular formula is C15H21O10P. The van der Waals surface area contributed by atoms with Gasteiger partial charge in [0.15, 0.2) is 0 Å². The molecular weight excluding hydrogens is 371 g/mol. The van der Waals surface area contributed by atoms with Gasteiger partial charge in [0, 0.05) is 18.2 Å². The van der Waals surface area contributed by atoms with Gasteiger partial charge in [-0.05, 0) is 41.5 Å². The van der Waals surface area contributed by atoms with Crippen molar-refractivity contribution >= 4 is 25.7 Å². The van der Waals surface area contributed by atoms with Crippen LogP contribution in [0.4, 0.5) is 0 Å². The first kappa shape index (κ1) is 23.7. The molecule has 0 heterocycles. The van der Waals surface area contributed by atoms with Gasteiger partial charge >= 0.3 is 25.7 Å². The molecule has 146 valence electrons.